The number of ether oxygens (including phenoxy) is 2. The molecule has 142 valence electrons. The molecule has 0 saturated heterocycles. The van der Waals surface area contributed by atoms with Gasteiger partial charge in [-0.3, -0.25) is 0 Å². The molecule has 0 radical (unpaired) electrons. The normalized spacial score (nSPS) is 11.8. The zero-order chi connectivity index (χ0) is 18.8. The van der Waals surface area contributed by atoms with Gasteiger partial charge < -0.3 is 30.7 Å². The second-order valence-corrected chi connectivity index (χ2v) is 7.43. The van der Waals surface area contributed by atoms with Crippen molar-refractivity contribution in [3.63, 3.8) is 0 Å². The molecule has 0 heterocycles. The molecular formula is C16H34N4O4. The van der Waals surface area contributed by atoms with Gasteiger partial charge in [-0.25, -0.2) is 9.59 Å². The van der Waals surface area contributed by atoms with Gasteiger partial charge in [0.2, 0.25) is 0 Å². The van der Waals surface area contributed by atoms with E-state index >= 15 is 0 Å². The van der Waals surface area contributed by atoms with Gasteiger partial charge in [0, 0.05) is 39.3 Å². The number of carbonyl (C=O) groups is 2. The number of nitrogens with two attached hydrogens (primary N) is 1. The van der Waals surface area contributed by atoms with E-state index in [1.807, 2.05) is 20.8 Å². The summed E-state index contributed by atoms with van der Waals surface area (Å²) in [6, 6.07) is 0. The lowest BCUT2D eigenvalue weighted by molar-refractivity contribution is 0.0242. The second-order valence-electron chi connectivity index (χ2n) is 7.43. The molecule has 0 aromatic heterocycles. The van der Waals surface area contributed by atoms with E-state index in [1.165, 1.54) is 0 Å². The molecule has 0 spiro atoms. The minimum absolute atomic E-state index is 0.283. The summed E-state index contributed by atoms with van der Waals surface area (Å²) in [5.74, 6) is 0. The van der Waals surface area contributed by atoms with Crippen molar-refractivity contribution in [1.29, 1.82) is 0 Å². The van der Waals surface area contributed by atoms with Crippen LogP contribution in [0, 0.1) is 0 Å². The molecule has 2 amide bonds. The van der Waals surface area contributed by atoms with E-state index in [4.69, 9.17) is 15.2 Å². The van der Waals surface area contributed by atoms with Crippen LogP contribution in [0.3, 0.4) is 0 Å². The molecule has 8 nitrogen and oxygen atoms in total. The van der Waals surface area contributed by atoms with Crippen LogP contribution in [-0.4, -0.2) is 67.6 Å². The second kappa shape index (κ2) is 10.4. The average molecular weight is 346 g/mol. The van der Waals surface area contributed by atoms with E-state index in [1.54, 1.807) is 25.7 Å². The third-order valence-electron chi connectivity index (χ3n) is 2.58. The highest BCUT2D eigenvalue weighted by Gasteiger charge is 2.22. The summed E-state index contributed by atoms with van der Waals surface area (Å²) in [5, 5.41) is 5.76. The van der Waals surface area contributed by atoms with Crippen LogP contribution in [0.2, 0.25) is 0 Å². The summed E-state index contributed by atoms with van der Waals surface area (Å²) >= 11 is 0. The Balaban J connectivity index is 4.42. The van der Waals surface area contributed by atoms with Crippen molar-refractivity contribution in [3.8, 4) is 0 Å². The summed E-state index contributed by atoms with van der Waals surface area (Å²) in [6.45, 7) is 13.7. The Morgan fingerprint density at radius 1 is 0.917 bits per heavy atom. The third kappa shape index (κ3) is 13.0. The number of rotatable bonds is 8. The van der Waals surface area contributed by atoms with Crippen LogP contribution in [0.5, 0.6) is 0 Å². The lowest BCUT2D eigenvalue weighted by atomic mass is 10.2. The summed E-state index contributed by atoms with van der Waals surface area (Å²) in [5.41, 5.74) is 4.30. The summed E-state index contributed by atoms with van der Waals surface area (Å²) < 4.78 is 10.5. The van der Waals surface area contributed by atoms with E-state index in [9.17, 15) is 9.59 Å². The highest BCUT2D eigenvalue weighted by atomic mass is 16.6. The number of hydrogen-bond acceptors (Lipinski definition) is 6. The van der Waals surface area contributed by atoms with Crippen molar-refractivity contribution in [1.82, 2.24) is 15.5 Å². The number of carbonyl (C=O) groups excluding carboxylic acids is 2. The zero-order valence-corrected chi connectivity index (χ0v) is 15.9. The molecule has 0 fully saturated rings. The minimum Gasteiger partial charge on any atom is -0.444 e. The van der Waals surface area contributed by atoms with Crippen molar-refractivity contribution in [2.24, 2.45) is 5.73 Å². The molecule has 0 rings (SSSR count). The van der Waals surface area contributed by atoms with E-state index in [-0.39, 0.29) is 6.54 Å². The molecule has 0 bridgehead atoms. The van der Waals surface area contributed by atoms with Crippen LogP contribution in [0.1, 0.15) is 41.5 Å². The van der Waals surface area contributed by atoms with E-state index in [0.717, 1.165) is 0 Å². The minimum atomic E-state index is -0.571. The molecule has 0 aromatic rings. The summed E-state index contributed by atoms with van der Waals surface area (Å²) in [6.07, 6.45) is -0.920. The molecule has 0 unspecified atom stereocenters. The van der Waals surface area contributed by atoms with Gasteiger partial charge in [0.1, 0.15) is 11.2 Å². The van der Waals surface area contributed by atoms with Crippen LogP contribution < -0.4 is 16.4 Å². The predicted molar refractivity (Wildman–Crippen MR) is 94.0 cm³/mol. The fourth-order valence-corrected chi connectivity index (χ4v) is 1.67. The SMILES string of the molecule is CC(C)(C)OC(=O)NCCN(CCNCCN)C(=O)OC(C)(C)C. The zero-order valence-electron chi connectivity index (χ0n) is 15.9. The van der Waals surface area contributed by atoms with Gasteiger partial charge in [0.25, 0.3) is 0 Å². The van der Waals surface area contributed by atoms with Crippen LogP contribution in [0.25, 0.3) is 0 Å². The van der Waals surface area contributed by atoms with Crippen LogP contribution in [0.15, 0.2) is 0 Å². The number of nitrogens with zero attached hydrogens (tertiary/aromatic N) is 1. The smallest absolute Gasteiger partial charge is 0.410 e. The average Bonchev–Trinajstić information content (AvgIpc) is 2.37. The first-order valence-electron chi connectivity index (χ1n) is 8.30. The van der Waals surface area contributed by atoms with Crippen molar-refractivity contribution in [2.45, 2.75) is 52.7 Å². The maximum atomic E-state index is 12.2. The standard InChI is InChI=1S/C16H34N4O4/c1-15(2,3)23-13(21)19-10-12-20(11-9-18-8-7-17)14(22)24-16(4,5)6/h18H,7-12,17H2,1-6H3,(H,19,21). The Morgan fingerprint density at radius 2 is 1.46 bits per heavy atom. The molecule has 0 atom stereocenters. The molecule has 0 aliphatic carbocycles. The predicted octanol–water partition coefficient (Wildman–Crippen LogP) is 1.30. The fraction of sp³-hybridized carbons (Fsp3) is 0.875. The molecule has 0 aromatic carbocycles. The first-order chi connectivity index (χ1) is 10.9. The highest BCUT2D eigenvalue weighted by Crippen LogP contribution is 2.10. The van der Waals surface area contributed by atoms with Crippen LogP contribution in [-0.2, 0) is 9.47 Å². The number of alkyl carbamates (subject to hydrolysis) is 1. The Labute approximate surface area is 145 Å². The largest absolute Gasteiger partial charge is 0.444 e. The van der Waals surface area contributed by atoms with Gasteiger partial charge in [0.05, 0.1) is 0 Å². The van der Waals surface area contributed by atoms with Crippen LogP contribution in [0.4, 0.5) is 9.59 Å². The molecule has 24 heavy (non-hydrogen) atoms. The Kier molecular flexibility index (Phi) is 9.69. The van der Waals surface area contributed by atoms with E-state index in [0.29, 0.717) is 32.7 Å². The summed E-state index contributed by atoms with van der Waals surface area (Å²) in [7, 11) is 0. The maximum absolute atomic E-state index is 12.2. The maximum Gasteiger partial charge on any atom is 0.410 e. The number of nitrogens with one attached hydrogen (secondary N) is 2. The van der Waals surface area contributed by atoms with Crippen LogP contribution >= 0.6 is 0 Å². The van der Waals surface area contributed by atoms with E-state index in [2.05, 4.69) is 10.6 Å². The molecule has 0 aliphatic rings. The van der Waals surface area contributed by atoms with Gasteiger partial charge in [-0.15, -0.1) is 0 Å². The Hall–Kier alpha value is -1.54. The first-order valence-corrected chi connectivity index (χ1v) is 8.30. The quantitative estimate of drug-likeness (QED) is 0.572. The monoisotopic (exact) mass is 346 g/mol. The molecule has 0 aliphatic heterocycles. The molecule has 8 heteroatoms. The van der Waals surface area contributed by atoms with Crippen molar-refractivity contribution in [3.05, 3.63) is 0 Å². The number of amides is 2. The van der Waals surface area contributed by atoms with Gasteiger partial charge >= 0.3 is 12.2 Å². The molecule has 4 N–H and O–H groups in total. The van der Waals surface area contributed by atoms with Crippen molar-refractivity contribution >= 4 is 12.2 Å². The van der Waals surface area contributed by atoms with E-state index < -0.39 is 23.4 Å². The molecular weight excluding hydrogens is 312 g/mol. The highest BCUT2D eigenvalue weighted by molar-refractivity contribution is 5.69. The first kappa shape index (κ1) is 22.5. The van der Waals surface area contributed by atoms with Gasteiger partial charge in [-0.05, 0) is 41.5 Å². The Bertz CT molecular complexity index is 389. The lowest BCUT2D eigenvalue weighted by Gasteiger charge is -2.28. The third-order valence-corrected chi connectivity index (χ3v) is 2.58. The van der Waals surface area contributed by atoms with Gasteiger partial charge in [-0.1, -0.05) is 0 Å². The van der Waals surface area contributed by atoms with Crippen molar-refractivity contribution in [2.75, 3.05) is 39.3 Å². The topological polar surface area (TPSA) is 106 Å². The lowest BCUT2D eigenvalue weighted by Crippen LogP contribution is -2.45. The Morgan fingerprint density at radius 3 is 1.96 bits per heavy atom. The van der Waals surface area contributed by atoms with Gasteiger partial charge in [-0.2, -0.15) is 0 Å². The summed E-state index contributed by atoms with van der Waals surface area (Å²) in [4.78, 5) is 25.4. The van der Waals surface area contributed by atoms with Gasteiger partial charge in [0.15, 0.2) is 0 Å². The molecule has 0 saturated carbocycles. The fourth-order valence-electron chi connectivity index (χ4n) is 1.67. The number of hydrogen-bond donors (Lipinski definition) is 3. The van der Waals surface area contributed by atoms with Crippen molar-refractivity contribution < 1.29 is 19.1 Å².